The molecule has 0 fully saturated rings. The Morgan fingerprint density at radius 1 is 1.91 bits per heavy atom. The van der Waals surface area contributed by atoms with Crippen molar-refractivity contribution in [2.45, 2.75) is 19.3 Å². The summed E-state index contributed by atoms with van der Waals surface area (Å²) in [6.07, 6.45) is 0.322. The summed E-state index contributed by atoms with van der Waals surface area (Å²) in [7, 11) is 0. The summed E-state index contributed by atoms with van der Waals surface area (Å²) in [5.74, 6) is -0.229. The predicted molar refractivity (Wildman–Crippen MR) is 35.8 cm³/mol. The van der Waals surface area contributed by atoms with Crippen LogP contribution in [0.25, 0.3) is 0 Å². The maximum Gasteiger partial charge on any atom is 0.438 e. The Labute approximate surface area is 62.6 Å². The first kappa shape index (κ1) is 7.54. The van der Waals surface area contributed by atoms with Gasteiger partial charge in [-0.05, 0) is 0 Å². The van der Waals surface area contributed by atoms with Gasteiger partial charge in [-0.15, -0.1) is 0 Å². The van der Waals surface area contributed by atoms with Crippen molar-refractivity contribution >= 4 is 0 Å². The van der Waals surface area contributed by atoms with Crippen LogP contribution in [0.15, 0.2) is 9.32 Å². The number of nitrogens with one attached hydrogen (secondary N) is 1. The molecule has 0 aliphatic rings. The Bertz CT molecular complexity index is 319. The SMILES string of the molecule is C[C@@H](CC#N)c1noc(=O)[nH]1. The molecular weight excluding hydrogens is 146 g/mol. The Hall–Kier alpha value is -1.57. The van der Waals surface area contributed by atoms with Crippen molar-refractivity contribution in [3.63, 3.8) is 0 Å². The molecule has 1 heterocycles. The first-order valence-corrected chi connectivity index (χ1v) is 3.17. The van der Waals surface area contributed by atoms with Gasteiger partial charge in [0.15, 0.2) is 5.82 Å². The van der Waals surface area contributed by atoms with E-state index in [4.69, 9.17) is 5.26 Å². The van der Waals surface area contributed by atoms with Crippen LogP contribution in [0.2, 0.25) is 0 Å². The van der Waals surface area contributed by atoms with Crippen LogP contribution >= 0.6 is 0 Å². The number of hydrogen-bond acceptors (Lipinski definition) is 4. The normalized spacial score (nSPS) is 12.4. The fourth-order valence-electron chi connectivity index (χ4n) is 0.688. The maximum atomic E-state index is 10.4. The van der Waals surface area contributed by atoms with E-state index < -0.39 is 5.76 Å². The Morgan fingerprint density at radius 2 is 2.64 bits per heavy atom. The molecule has 58 valence electrons. The second-order valence-corrected chi connectivity index (χ2v) is 2.24. The first-order valence-electron chi connectivity index (χ1n) is 3.17. The molecule has 11 heavy (non-hydrogen) atoms. The summed E-state index contributed by atoms with van der Waals surface area (Å²) in [6.45, 7) is 1.79. The summed E-state index contributed by atoms with van der Waals surface area (Å²) in [4.78, 5) is 12.8. The molecule has 1 rings (SSSR count). The number of nitriles is 1. The molecule has 0 radical (unpaired) electrons. The largest absolute Gasteiger partial charge is 0.438 e. The van der Waals surface area contributed by atoms with Crippen molar-refractivity contribution < 1.29 is 4.52 Å². The van der Waals surface area contributed by atoms with Gasteiger partial charge in [-0.1, -0.05) is 12.1 Å². The Balaban J connectivity index is 2.78. The minimum Gasteiger partial charge on any atom is -0.296 e. The molecule has 1 aromatic rings. The number of aromatic amines is 1. The third-order valence-corrected chi connectivity index (χ3v) is 1.32. The van der Waals surface area contributed by atoms with Gasteiger partial charge < -0.3 is 0 Å². The van der Waals surface area contributed by atoms with Gasteiger partial charge in [0.2, 0.25) is 0 Å². The van der Waals surface area contributed by atoms with E-state index in [1.807, 2.05) is 6.07 Å². The van der Waals surface area contributed by atoms with Crippen molar-refractivity contribution in [2.24, 2.45) is 0 Å². The van der Waals surface area contributed by atoms with Gasteiger partial charge >= 0.3 is 5.76 Å². The van der Waals surface area contributed by atoms with Crippen LogP contribution in [0.3, 0.4) is 0 Å². The molecule has 1 aromatic heterocycles. The van der Waals surface area contributed by atoms with Crippen molar-refractivity contribution in [1.82, 2.24) is 10.1 Å². The first-order chi connectivity index (χ1) is 5.24. The van der Waals surface area contributed by atoms with Gasteiger partial charge in [0, 0.05) is 12.3 Å². The zero-order valence-electron chi connectivity index (χ0n) is 6.00. The minimum atomic E-state index is -0.579. The highest BCUT2D eigenvalue weighted by atomic mass is 16.5. The molecule has 0 bridgehead atoms. The van der Waals surface area contributed by atoms with Crippen LogP contribution < -0.4 is 5.76 Å². The van der Waals surface area contributed by atoms with Gasteiger partial charge in [-0.25, -0.2) is 4.79 Å². The van der Waals surface area contributed by atoms with E-state index in [2.05, 4.69) is 14.7 Å². The molecule has 0 aliphatic heterocycles. The monoisotopic (exact) mass is 153 g/mol. The van der Waals surface area contributed by atoms with Crippen LogP contribution in [0.5, 0.6) is 0 Å². The van der Waals surface area contributed by atoms with Crippen LogP contribution in [0.1, 0.15) is 25.1 Å². The summed E-state index contributed by atoms with van der Waals surface area (Å²) in [6, 6.07) is 1.97. The summed E-state index contributed by atoms with van der Waals surface area (Å²) < 4.78 is 4.26. The van der Waals surface area contributed by atoms with Crippen molar-refractivity contribution in [1.29, 1.82) is 5.26 Å². The van der Waals surface area contributed by atoms with E-state index in [0.29, 0.717) is 12.2 Å². The lowest BCUT2D eigenvalue weighted by Crippen LogP contribution is -2.00. The van der Waals surface area contributed by atoms with Gasteiger partial charge in [0.1, 0.15) is 0 Å². The van der Waals surface area contributed by atoms with Crippen molar-refractivity contribution in [2.75, 3.05) is 0 Å². The quantitative estimate of drug-likeness (QED) is 0.665. The van der Waals surface area contributed by atoms with Crippen LogP contribution in [0.4, 0.5) is 0 Å². The summed E-state index contributed by atoms with van der Waals surface area (Å²) >= 11 is 0. The molecule has 0 aliphatic carbocycles. The average molecular weight is 153 g/mol. The molecule has 0 aromatic carbocycles. The predicted octanol–water partition coefficient (Wildman–Crippen LogP) is 0.380. The smallest absolute Gasteiger partial charge is 0.296 e. The molecule has 1 atom stereocenters. The number of aromatic nitrogens is 2. The van der Waals surface area contributed by atoms with Crippen molar-refractivity contribution in [3.8, 4) is 6.07 Å². The molecule has 0 unspecified atom stereocenters. The topological polar surface area (TPSA) is 82.7 Å². The summed E-state index contributed by atoms with van der Waals surface area (Å²) in [5.41, 5.74) is 0. The third kappa shape index (κ3) is 1.67. The van der Waals surface area contributed by atoms with E-state index in [-0.39, 0.29) is 5.92 Å². The fraction of sp³-hybridized carbons (Fsp3) is 0.500. The maximum absolute atomic E-state index is 10.4. The minimum absolute atomic E-state index is 0.0774. The zero-order valence-corrected chi connectivity index (χ0v) is 6.00. The van der Waals surface area contributed by atoms with Gasteiger partial charge in [-0.3, -0.25) is 9.51 Å². The van der Waals surface area contributed by atoms with Crippen molar-refractivity contribution in [3.05, 3.63) is 16.4 Å². The second kappa shape index (κ2) is 3.01. The van der Waals surface area contributed by atoms with Crippen LogP contribution in [0, 0.1) is 11.3 Å². The molecule has 0 amide bonds. The van der Waals surface area contributed by atoms with Gasteiger partial charge in [-0.2, -0.15) is 5.26 Å². The van der Waals surface area contributed by atoms with E-state index in [1.54, 1.807) is 6.92 Å². The molecule has 1 N–H and O–H groups in total. The van der Waals surface area contributed by atoms with Crippen LogP contribution in [-0.4, -0.2) is 10.1 Å². The highest BCUT2D eigenvalue weighted by Gasteiger charge is 2.09. The fourth-order valence-corrected chi connectivity index (χ4v) is 0.688. The average Bonchev–Trinajstić information content (AvgIpc) is 2.36. The number of nitrogens with zero attached hydrogens (tertiary/aromatic N) is 2. The summed E-state index contributed by atoms with van der Waals surface area (Å²) in [5, 5.41) is 11.7. The van der Waals surface area contributed by atoms with E-state index in [9.17, 15) is 4.79 Å². The standard InChI is InChI=1S/C6H7N3O2/c1-4(2-3-7)5-8-6(10)11-9-5/h4H,2H2,1H3,(H,8,9,10)/t4-/m0/s1. The Morgan fingerprint density at radius 3 is 3.09 bits per heavy atom. The molecule has 5 nitrogen and oxygen atoms in total. The highest BCUT2D eigenvalue weighted by Crippen LogP contribution is 2.11. The Kier molecular flexibility index (Phi) is 2.06. The molecule has 0 spiro atoms. The number of rotatable bonds is 2. The molecule has 0 saturated carbocycles. The van der Waals surface area contributed by atoms with Gasteiger partial charge in [0.05, 0.1) is 6.07 Å². The van der Waals surface area contributed by atoms with E-state index in [0.717, 1.165) is 0 Å². The highest BCUT2D eigenvalue weighted by molar-refractivity contribution is 4.93. The van der Waals surface area contributed by atoms with E-state index in [1.165, 1.54) is 0 Å². The van der Waals surface area contributed by atoms with Gasteiger partial charge in [0.25, 0.3) is 0 Å². The molecular formula is C6H7N3O2. The lowest BCUT2D eigenvalue weighted by molar-refractivity contribution is 0.378. The lowest BCUT2D eigenvalue weighted by Gasteiger charge is -1.97. The number of hydrogen-bond donors (Lipinski definition) is 1. The van der Waals surface area contributed by atoms with Crippen LogP contribution in [-0.2, 0) is 0 Å². The lowest BCUT2D eigenvalue weighted by atomic mass is 10.1. The third-order valence-electron chi connectivity index (χ3n) is 1.32. The van der Waals surface area contributed by atoms with E-state index >= 15 is 0 Å². The number of H-pyrrole nitrogens is 1. The zero-order chi connectivity index (χ0) is 8.27. The molecule has 0 saturated heterocycles. The second-order valence-electron chi connectivity index (χ2n) is 2.24. The molecule has 5 heteroatoms.